The second-order valence-corrected chi connectivity index (χ2v) is 6.95. The molecule has 0 atom stereocenters. The van der Waals surface area contributed by atoms with Crippen molar-refractivity contribution in [3.05, 3.63) is 87.6 Å². The molecule has 3 aromatic rings. The van der Waals surface area contributed by atoms with E-state index in [4.69, 9.17) is 4.74 Å². The Labute approximate surface area is 174 Å². The number of rotatable bonds is 6. The normalized spacial score (nSPS) is 10.8. The Morgan fingerprint density at radius 1 is 1.10 bits per heavy atom. The fourth-order valence-corrected chi connectivity index (χ4v) is 2.87. The Hall–Kier alpha value is -3.39. The van der Waals surface area contributed by atoms with Crippen LogP contribution < -0.4 is 10.2 Å². The van der Waals surface area contributed by atoms with Crippen molar-refractivity contribution in [2.24, 2.45) is 5.10 Å². The lowest BCUT2D eigenvalue weighted by molar-refractivity contribution is 0.0954. The van der Waals surface area contributed by atoms with Crippen molar-refractivity contribution in [2.45, 2.75) is 6.61 Å². The molecule has 0 heterocycles. The Morgan fingerprint density at radius 2 is 1.86 bits per heavy atom. The minimum Gasteiger partial charge on any atom is -0.508 e. The third kappa shape index (κ3) is 5.79. The lowest BCUT2D eigenvalue weighted by atomic mass is 10.2. The van der Waals surface area contributed by atoms with Gasteiger partial charge in [-0.25, -0.2) is 9.82 Å². The zero-order valence-corrected chi connectivity index (χ0v) is 16.6. The number of nitrogens with one attached hydrogen (secondary N) is 1. The van der Waals surface area contributed by atoms with Gasteiger partial charge in [-0.2, -0.15) is 5.10 Å². The Bertz CT molecular complexity index is 1050. The molecule has 3 rings (SSSR count). The van der Waals surface area contributed by atoms with Crippen LogP contribution in [0.25, 0.3) is 0 Å². The zero-order chi connectivity index (χ0) is 20.8. The molecule has 1 amide bonds. The minimum atomic E-state index is -0.607. The number of carbonyl (C=O) groups excluding carboxylic acids is 1. The maximum Gasteiger partial charge on any atom is 0.271 e. The van der Waals surface area contributed by atoms with Gasteiger partial charge in [0.2, 0.25) is 0 Å². The number of halogens is 2. The van der Waals surface area contributed by atoms with E-state index in [2.05, 4.69) is 26.5 Å². The number of amides is 1. The lowest BCUT2D eigenvalue weighted by Gasteiger charge is -2.10. The van der Waals surface area contributed by atoms with Gasteiger partial charge >= 0.3 is 0 Å². The van der Waals surface area contributed by atoms with Gasteiger partial charge in [0.25, 0.3) is 5.91 Å². The molecule has 0 saturated carbocycles. The topological polar surface area (TPSA) is 91.2 Å². The van der Waals surface area contributed by atoms with Gasteiger partial charge in [-0.05, 0) is 48.0 Å². The van der Waals surface area contributed by atoms with Gasteiger partial charge in [-0.3, -0.25) is 4.79 Å². The monoisotopic (exact) mass is 458 g/mol. The van der Waals surface area contributed by atoms with Crippen LogP contribution in [-0.4, -0.2) is 22.3 Å². The molecule has 3 N–H and O–H groups in total. The van der Waals surface area contributed by atoms with Crippen LogP contribution in [0.15, 0.2) is 70.2 Å². The average Bonchev–Trinajstić information content (AvgIpc) is 2.66. The number of ether oxygens (including phenoxy) is 1. The van der Waals surface area contributed by atoms with E-state index in [1.54, 1.807) is 30.3 Å². The van der Waals surface area contributed by atoms with Crippen molar-refractivity contribution in [1.29, 1.82) is 0 Å². The van der Waals surface area contributed by atoms with Crippen LogP contribution in [0.4, 0.5) is 4.39 Å². The van der Waals surface area contributed by atoms with Crippen molar-refractivity contribution < 1.29 is 24.1 Å². The average molecular weight is 459 g/mol. The van der Waals surface area contributed by atoms with Crippen LogP contribution in [0.5, 0.6) is 17.2 Å². The summed E-state index contributed by atoms with van der Waals surface area (Å²) < 4.78 is 19.8. The highest BCUT2D eigenvalue weighted by Crippen LogP contribution is 2.23. The highest BCUT2D eigenvalue weighted by atomic mass is 79.9. The van der Waals surface area contributed by atoms with Crippen molar-refractivity contribution in [1.82, 2.24) is 5.43 Å². The standard InChI is InChI=1S/C21H16BrFN2O4/c22-16-4-5-20(29-12-13-2-1-3-17(23)6-13)15(7-16)11-24-25-21(28)14-8-18(26)10-19(27)9-14/h1-11,26-27H,12H2,(H,25,28)/b24-11+. The number of benzene rings is 3. The van der Waals surface area contributed by atoms with Gasteiger partial charge in [0.1, 0.15) is 29.7 Å². The number of aromatic hydroxyl groups is 2. The molecule has 29 heavy (non-hydrogen) atoms. The van der Waals surface area contributed by atoms with Crippen molar-refractivity contribution in [3.8, 4) is 17.2 Å². The summed E-state index contributed by atoms with van der Waals surface area (Å²) in [5.41, 5.74) is 3.62. The van der Waals surface area contributed by atoms with E-state index in [9.17, 15) is 19.4 Å². The summed E-state index contributed by atoms with van der Waals surface area (Å²) in [5.74, 6) is -0.933. The smallest absolute Gasteiger partial charge is 0.271 e. The molecule has 0 aliphatic heterocycles. The molecule has 0 radical (unpaired) electrons. The summed E-state index contributed by atoms with van der Waals surface area (Å²) in [6.45, 7) is 0.162. The Balaban J connectivity index is 1.71. The number of phenols is 2. The molecule has 0 fully saturated rings. The molecule has 0 aliphatic rings. The van der Waals surface area contributed by atoms with E-state index < -0.39 is 5.91 Å². The van der Waals surface area contributed by atoms with Crippen LogP contribution in [0, 0.1) is 5.82 Å². The third-order valence-electron chi connectivity index (χ3n) is 3.79. The van der Waals surface area contributed by atoms with E-state index in [1.807, 2.05) is 0 Å². The van der Waals surface area contributed by atoms with E-state index in [-0.39, 0.29) is 29.5 Å². The van der Waals surface area contributed by atoms with E-state index in [0.717, 1.165) is 10.5 Å². The van der Waals surface area contributed by atoms with Crippen molar-refractivity contribution >= 4 is 28.1 Å². The second-order valence-electron chi connectivity index (χ2n) is 6.04. The predicted octanol–water partition coefficient (Wildman–Crippen LogP) is 4.34. The van der Waals surface area contributed by atoms with Crippen LogP contribution in [0.3, 0.4) is 0 Å². The molecule has 0 bridgehead atoms. The first-order valence-corrected chi connectivity index (χ1v) is 9.23. The Morgan fingerprint density at radius 3 is 2.59 bits per heavy atom. The largest absolute Gasteiger partial charge is 0.508 e. The number of hydrogen-bond donors (Lipinski definition) is 3. The third-order valence-corrected chi connectivity index (χ3v) is 4.28. The van der Waals surface area contributed by atoms with Gasteiger partial charge < -0.3 is 14.9 Å². The molecule has 6 nitrogen and oxygen atoms in total. The summed E-state index contributed by atoms with van der Waals surface area (Å²) in [5, 5.41) is 22.8. The number of hydrazone groups is 1. The van der Waals surface area contributed by atoms with Crippen LogP contribution in [0.1, 0.15) is 21.5 Å². The second kappa shape index (κ2) is 9.20. The van der Waals surface area contributed by atoms with Crippen molar-refractivity contribution in [3.63, 3.8) is 0 Å². The summed E-state index contributed by atoms with van der Waals surface area (Å²) >= 11 is 3.37. The van der Waals surface area contributed by atoms with Crippen LogP contribution >= 0.6 is 15.9 Å². The van der Waals surface area contributed by atoms with Gasteiger partial charge in [0.05, 0.1) is 6.21 Å². The number of nitrogens with zero attached hydrogens (tertiary/aromatic N) is 1. The highest BCUT2D eigenvalue weighted by Gasteiger charge is 2.08. The van der Waals surface area contributed by atoms with E-state index in [1.165, 1.54) is 30.5 Å². The molecule has 148 valence electrons. The van der Waals surface area contributed by atoms with Gasteiger partial charge in [-0.1, -0.05) is 28.1 Å². The number of carbonyl (C=O) groups is 1. The molecular formula is C21H16BrFN2O4. The first-order valence-electron chi connectivity index (χ1n) is 8.44. The molecule has 8 heteroatoms. The van der Waals surface area contributed by atoms with Crippen molar-refractivity contribution in [2.75, 3.05) is 0 Å². The molecule has 0 spiro atoms. The lowest BCUT2D eigenvalue weighted by Crippen LogP contribution is -2.17. The molecule has 0 aliphatic carbocycles. The quantitative estimate of drug-likeness (QED) is 0.378. The van der Waals surface area contributed by atoms with Gasteiger partial charge in [-0.15, -0.1) is 0 Å². The van der Waals surface area contributed by atoms with Gasteiger partial charge in [0, 0.05) is 21.7 Å². The summed E-state index contributed by atoms with van der Waals surface area (Å²) in [7, 11) is 0. The fourth-order valence-electron chi connectivity index (χ4n) is 2.49. The molecule has 3 aromatic carbocycles. The predicted molar refractivity (Wildman–Crippen MR) is 110 cm³/mol. The fraction of sp³-hybridized carbons (Fsp3) is 0.0476. The molecular weight excluding hydrogens is 443 g/mol. The maximum absolute atomic E-state index is 13.3. The minimum absolute atomic E-state index is 0.0523. The number of phenolic OH excluding ortho intramolecular Hbond substituents is 2. The maximum atomic E-state index is 13.3. The molecule has 0 unspecified atom stereocenters. The van der Waals surface area contributed by atoms with E-state index >= 15 is 0 Å². The molecule has 0 aromatic heterocycles. The van der Waals surface area contributed by atoms with Gasteiger partial charge in [0.15, 0.2) is 0 Å². The highest BCUT2D eigenvalue weighted by molar-refractivity contribution is 9.10. The van der Waals surface area contributed by atoms with E-state index in [0.29, 0.717) is 16.9 Å². The first-order chi connectivity index (χ1) is 13.9. The number of hydrogen-bond acceptors (Lipinski definition) is 5. The SMILES string of the molecule is O=C(N/N=C/c1cc(Br)ccc1OCc1cccc(F)c1)c1cc(O)cc(O)c1. The molecule has 0 saturated heterocycles. The summed E-state index contributed by atoms with van der Waals surface area (Å²) in [6.07, 6.45) is 1.40. The summed E-state index contributed by atoms with van der Waals surface area (Å²) in [6, 6.07) is 14.9. The zero-order valence-electron chi connectivity index (χ0n) is 15.0. The first kappa shape index (κ1) is 20.3. The Kier molecular flexibility index (Phi) is 6.46. The van der Waals surface area contributed by atoms with Crippen LogP contribution in [-0.2, 0) is 6.61 Å². The van der Waals surface area contributed by atoms with Crippen LogP contribution in [0.2, 0.25) is 0 Å². The summed E-state index contributed by atoms with van der Waals surface area (Å²) in [4.78, 5) is 12.1.